The average molecular weight is 304 g/mol. The number of hydrogen-bond acceptors (Lipinski definition) is 3. The average Bonchev–Trinajstić information content (AvgIpc) is 3.02. The topological polar surface area (TPSA) is 33.5 Å². The van der Waals surface area contributed by atoms with Gasteiger partial charge in [0, 0.05) is 30.1 Å². The van der Waals surface area contributed by atoms with E-state index in [0.717, 1.165) is 66.0 Å². The summed E-state index contributed by atoms with van der Waals surface area (Å²) in [6.07, 6.45) is 6.39. The highest BCUT2D eigenvalue weighted by Crippen LogP contribution is 2.35. The van der Waals surface area contributed by atoms with Crippen molar-refractivity contribution in [2.75, 3.05) is 18.0 Å². The van der Waals surface area contributed by atoms with E-state index in [1.165, 1.54) is 12.8 Å². The number of fused-ring (bicyclic) bond motifs is 3. The van der Waals surface area contributed by atoms with Gasteiger partial charge in [0.1, 0.15) is 5.58 Å². The van der Waals surface area contributed by atoms with Crippen LogP contribution in [0, 0.1) is 0 Å². The van der Waals surface area contributed by atoms with E-state index < -0.39 is 0 Å². The number of hydrogen-bond donors (Lipinski definition) is 0. The van der Waals surface area contributed by atoms with Crippen molar-refractivity contribution in [3.05, 3.63) is 38.7 Å². The molecule has 0 N–H and O–H groups in total. The molecule has 1 aliphatic carbocycles. The summed E-state index contributed by atoms with van der Waals surface area (Å²) in [5.41, 5.74) is 3.54. The molecule has 0 unspecified atom stereocenters. The Bertz CT molecular complexity index is 759. The Hall–Kier alpha value is -1.48. The fourth-order valence-electron chi connectivity index (χ4n) is 3.65. The highest BCUT2D eigenvalue weighted by atomic mass is 35.5. The monoisotopic (exact) mass is 303 g/mol. The molecule has 1 aromatic carbocycles. The maximum atomic E-state index is 12.2. The fourth-order valence-corrected chi connectivity index (χ4v) is 3.94. The number of anilines is 1. The van der Waals surface area contributed by atoms with E-state index in [0.29, 0.717) is 5.58 Å². The lowest BCUT2D eigenvalue weighted by Crippen LogP contribution is -2.19. The Kier molecular flexibility index (Phi) is 3.18. The molecule has 1 fully saturated rings. The van der Waals surface area contributed by atoms with Gasteiger partial charge in [-0.25, -0.2) is 4.79 Å². The smallest absolute Gasteiger partial charge is 0.339 e. The predicted molar refractivity (Wildman–Crippen MR) is 85.6 cm³/mol. The van der Waals surface area contributed by atoms with Gasteiger partial charge < -0.3 is 9.32 Å². The van der Waals surface area contributed by atoms with E-state index in [9.17, 15) is 4.79 Å². The molecule has 2 aromatic rings. The molecule has 2 aliphatic rings. The second-order valence-electron chi connectivity index (χ2n) is 6.05. The molecule has 0 spiro atoms. The van der Waals surface area contributed by atoms with Crippen LogP contribution in [0.25, 0.3) is 11.0 Å². The summed E-state index contributed by atoms with van der Waals surface area (Å²) >= 11 is 6.50. The number of aryl methyl sites for hydroxylation is 1. The molecule has 0 atom stereocenters. The van der Waals surface area contributed by atoms with Crippen LogP contribution in [0.5, 0.6) is 0 Å². The van der Waals surface area contributed by atoms with Crippen LogP contribution in [0.3, 0.4) is 0 Å². The van der Waals surface area contributed by atoms with Gasteiger partial charge in [-0.1, -0.05) is 11.6 Å². The minimum atomic E-state index is -0.160. The zero-order valence-electron chi connectivity index (χ0n) is 12.0. The van der Waals surface area contributed by atoms with Crippen LogP contribution in [0.2, 0.25) is 5.02 Å². The summed E-state index contributed by atoms with van der Waals surface area (Å²) in [7, 11) is 0. The Morgan fingerprint density at radius 3 is 2.48 bits per heavy atom. The van der Waals surface area contributed by atoms with Gasteiger partial charge >= 0.3 is 5.63 Å². The summed E-state index contributed by atoms with van der Waals surface area (Å²) in [6.45, 7) is 2.06. The van der Waals surface area contributed by atoms with Gasteiger partial charge in [-0.2, -0.15) is 0 Å². The van der Waals surface area contributed by atoms with Crippen LogP contribution in [-0.2, 0) is 12.8 Å². The molecule has 0 radical (unpaired) electrons. The van der Waals surface area contributed by atoms with Crippen LogP contribution in [0.15, 0.2) is 21.3 Å². The summed E-state index contributed by atoms with van der Waals surface area (Å²) in [5, 5.41) is 1.79. The minimum absolute atomic E-state index is 0.160. The Morgan fingerprint density at radius 1 is 1.00 bits per heavy atom. The van der Waals surface area contributed by atoms with Crippen molar-refractivity contribution < 1.29 is 4.42 Å². The Labute approximate surface area is 128 Å². The summed E-state index contributed by atoms with van der Waals surface area (Å²) in [5.74, 6) is 0. The first-order chi connectivity index (χ1) is 10.2. The van der Waals surface area contributed by atoms with Crippen molar-refractivity contribution in [3.8, 4) is 0 Å². The number of benzene rings is 1. The molecule has 4 heteroatoms. The maximum Gasteiger partial charge on any atom is 0.339 e. The lowest BCUT2D eigenvalue weighted by atomic mass is 9.90. The number of halogens is 1. The van der Waals surface area contributed by atoms with Crippen LogP contribution in [0.4, 0.5) is 5.69 Å². The summed E-state index contributed by atoms with van der Waals surface area (Å²) in [4.78, 5) is 14.5. The van der Waals surface area contributed by atoms with Gasteiger partial charge in [-0.15, -0.1) is 0 Å². The molecular weight excluding hydrogens is 286 g/mol. The maximum absolute atomic E-state index is 12.2. The van der Waals surface area contributed by atoms with Crippen LogP contribution in [0.1, 0.15) is 36.8 Å². The zero-order chi connectivity index (χ0) is 14.4. The van der Waals surface area contributed by atoms with Crippen molar-refractivity contribution in [2.45, 2.75) is 38.5 Å². The van der Waals surface area contributed by atoms with Gasteiger partial charge in [-0.3, -0.25) is 0 Å². The van der Waals surface area contributed by atoms with E-state index in [-0.39, 0.29) is 5.63 Å². The van der Waals surface area contributed by atoms with E-state index in [2.05, 4.69) is 4.90 Å². The molecule has 3 nitrogen and oxygen atoms in total. The number of nitrogens with zero attached hydrogens (tertiary/aromatic N) is 1. The molecule has 1 saturated heterocycles. The molecule has 0 saturated carbocycles. The minimum Gasteiger partial charge on any atom is -0.422 e. The van der Waals surface area contributed by atoms with Gasteiger partial charge in [0.2, 0.25) is 0 Å². The third kappa shape index (κ3) is 2.15. The van der Waals surface area contributed by atoms with E-state index in [4.69, 9.17) is 16.0 Å². The van der Waals surface area contributed by atoms with Gasteiger partial charge in [-0.05, 0) is 50.2 Å². The zero-order valence-corrected chi connectivity index (χ0v) is 12.7. The fraction of sp³-hybridized carbons (Fsp3) is 0.471. The molecule has 4 rings (SSSR count). The molecule has 0 bridgehead atoms. The van der Waals surface area contributed by atoms with Crippen molar-refractivity contribution in [2.24, 2.45) is 0 Å². The third-order valence-corrected chi connectivity index (χ3v) is 5.04. The van der Waals surface area contributed by atoms with Gasteiger partial charge in [0.25, 0.3) is 0 Å². The summed E-state index contributed by atoms with van der Waals surface area (Å²) < 4.78 is 5.57. The highest BCUT2D eigenvalue weighted by molar-refractivity contribution is 6.34. The lowest BCUT2D eigenvalue weighted by Gasteiger charge is -2.21. The van der Waals surface area contributed by atoms with E-state index in [1.54, 1.807) is 0 Å². The van der Waals surface area contributed by atoms with Gasteiger partial charge in [0.15, 0.2) is 0 Å². The molecule has 1 aromatic heterocycles. The lowest BCUT2D eigenvalue weighted by molar-refractivity contribution is 0.534. The second kappa shape index (κ2) is 5.06. The Balaban J connectivity index is 1.94. The predicted octanol–water partition coefficient (Wildman–Crippen LogP) is 3.93. The third-order valence-electron chi connectivity index (χ3n) is 4.74. The summed E-state index contributed by atoms with van der Waals surface area (Å²) in [6, 6.07) is 3.96. The highest BCUT2D eigenvalue weighted by Gasteiger charge is 2.21. The molecule has 21 heavy (non-hydrogen) atoms. The van der Waals surface area contributed by atoms with Crippen LogP contribution < -0.4 is 10.5 Å². The first-order valence-corrected chi connectivity index (χ1v) is 8.15. The van der Waals surface area contributed by atoms with Crippen LogP contribution >= 0.6 is 11.6 Å². The Morgan fingerprint density at radius 2 is 1.71 bits per heavy atom. The van der Waals surface area contributed by atoms with Crippen molar-refractivity contribution in [1.29, 1.82) is 0 Å². The van der Waals surface area contributed by atoms with E-state index >= 15 is 0 Å². The standard InChI is InChI=1S/C17H18ClNO2/c18-14-9-13-11-5-1-2-6-12(11)17(20)21-16(13)10-15(14)19-7-3-4-8-19/h9-10H,1-8H2. The van der Waals surface area contributed by atoms with Crippen molar-refractivity contribution in [3.63, 3.8) is 0 Å². The number of rotatable bonds is 1. The molecular formula is C17H18ClNO2. The molecule has 1 aliphatic heterocycles. The van der Waals surface area contributed by atoms with E-state index in [1.807, 2.05) is 12.1 Å². The second-order valence-corrected chi connectivity index (χ2v) is 6.45. The molecule has 2 heterocycles. The molecule has 0 amide bonds. The first kappa shape index (κ1) is 13.2. The SMILES string of the molecule is O=c1oc2cc(N3CCCC3)c(Cl)cc2c2c1CCCC2. The molecule has 110 valence electrons. The first-order valence-electron chi connectivity index (χ1n) is 7.77. The van der Waals surface area contributed by atoms with Gasteiger partial charge in [0.05, 0.1) is 10.7 Å². The van der Waals surface area contributed by atoms with Crippen LogP contribution in [-0.4, -0.2) is 13.1 Å². The van der Waals surface area contributed by atoms with Crippen molar-refractivity contribution in [1.82, 2.24) is 0 Å². The van der Waals surface area contributed by atoms with Crippen molar-refractivity contribution >= 4 is 28.3 Å². The quantitative estimate of drug-likeness (QED) is 0.749. The largest absolute Gasteiger partial charge is 0.422 e. The normalized spacial score (nSPS) is 18.2.